The third kappa shape index (κ3) is 3.14. The molecule has 0 fully saturated rings. The van der Waals surface area contributed by atoms with Crippen LogP contribution in [0.4, 0.5) is 0 Å². The number of benzene rings is 2. The van der Waals surface area contributed by atoms with Crippen LogP contribution < -0.4 is 0 Å². The molecule has 0 atom stereocenters. The lowest BCUT2D eigenvalue weighted by Crippen LogP contribution is -2.22. The maximum absolute atomic E-state index is 11.7. The van der Waals surface area contributed by atoms with E-state index in [0.29, 0.717) is 13.0 Å². The number of fused-ring (bicyclic) bond motifs is 1. The fourth-order valence-corrected chi connectivity index (χ4v) is 1.99. The molecule has 0 aliphatic heterocycles. The fourth-order valence-electron chi connectivity index (χ4n) is 1.99. The van der Waals surface area contributed by atoms with Crippen LogP contribution in [0, 0.1) is 0 Å². The minimum absolute atomic E-state index is 0.255. The summed E-state index contributed by atoms with van der Waals surface area (Å²) in [7, 11) is 3.83. The van der Waals surface area contributed by atoms with Crippen LogP contribution in [-0.4, -0.2) is 31.3 Å². The van der Waals surface area contributed by atoms with Crippen molar-refractivity contribution in [3.63, 3.8) is 0 Å². The van der Waals surface area contributed by atoms with Gasteiger partial charge in [-0.25, -0.2) is 0 Å². The van der Waals surface area contributed by atoms with E-state index >= 15 is 0 Å². The lowest BCUT2D eigenvalue weighted by atomic mass is 10.0. The van der Waals surface area contributed by atoms with Crippen LogP contribution in [0.25, 0.3) is 10.8 Å². The molecule has 88 valence electrons. The maximum Gasteiger partial charge on any atom is 0.151 e. The quantitative estimate of drug-likeness (QED) is 0.800. The summed E-state index contributed by atoms with van der Waals surface area (Å²) in [4.78, 5) is 13.6. The van der Waals surface area contributed by atoms with Crippen molar-refractivity contribution in [2.45, 2.75) is 6.42 Å². The summed E-state index contributed by atoms with van der Waals surface area (Å²) in [5.41, 5.74) is 1.09. The third-order valence-electron chi connectivity index (χ3n) is 2.71. The second-order valence-electron chi connectivity index (χ2n) is 4.63. The average molecular weight is 227 g/mol. The second kappa shape index (κ2) is 5.11. The van der Waals surface area contributed by atoms with Crippen LogP contribution in [0.1, 0.15) is 5.56 Å². The molecule has 0 aromatic heterocycles. The van der Waals surface area contributed by atoms with Crippen molar-refractivity contribution in [2.24, 2.45) is 0 Å². The summed E-state index contributed by atoms with van der Waals surface area (Å²) >= 11 is 0. The third-order valence-corrected chi connectivity index (χ3v) is 2.71. The van der Waals surface area contributed by atoms with Gasteiger partial charge in [0.1, 0.15) is 0 Å². The van der Waals surface area contributed by atoms with Crippen molar-refractivity contribution in [1.82, 2.24) is 4.90 Å². The van der Waals surface area contributed by atoms with Crippen LogP contribution in [0.5, 0.6) is 0 Å². The maximum atomic E-state index is 11.7. The highest BCUT2D eigenvalue weighted by molar-refractivity contribution is 5.86. The zero-order valence-corrected chi connectivity index (χ0v) is 10.3. The summed E-state index contributed by atoms with van der Waals surface area (Å²) in [6, 6.07) is 14.4. The van der Waals surface area contributed by atoms with E-state index in [1.807, 2.05) is 37.2 Å². The van der Waals surface area contributed by atoms with Gasteiger partial charge in [0.05, 0.1) is 6.54 Å². The van der Waals surface area contributed by atoms with Gasteiger partial charge in [0, 0.05) is 6.42 Å². The number of Topliss-reactive ketones (excluding diaryl/α,β-unsaturated/α-hetero) is 1. The smallest absolute Gasteiger partial charge is 0.151 e. The van der Waals surface area contributed by atoms with Gasteiger partial charge in [-0.2, -0.15) is 0 Å². The lowest BCUT2D eigenvalue weighted by Gasteiger charge is -2.08. The Morgan fingerprint density at radius 2 is 1.76 bits per heavy atom. The summed E-state index contributed by atoms with van der Waals surface area (Å²) in [5.74, 6) is 0.255. The van der Waals surface area contributed by atoms with Gasteiger partial charge in [0.2, 0.25) is 0 Å². The highest BCUT2D eigenvalue weighted by atomic mass is 16.1. The number of nitrogens with zero attached hydrogens (tertiary/aromatic N) is 1. The molecule has 2 aromatic rings. The van der Waals surface area contributed by atoms with Crippen LogP contribution >= 0.6 is 0 Å². The molecule has 0 saturated heterocycles. The molecule has 0 amide bonds. The Kier molecular flexibility index (Phi) is 3.55. The molecule has 0 aliphatic rings. The molecule has 2 nitrogen and oxygen atoms in total. The van der Waals surface area contributed by atoms with E-state index in [1.54, 1.807) is 0 Å². The van der Waals surface area contributed by atoms with Gasteiger partial charge in [-0.3, -0.25) is 4.79 Å². The van der Waals surface area contributed by atoms with E-state index in [-0.39, 0.29) is 5.78 Å². The van der Waals surface area contributed by atoms with Crippen LogP contribution in [0.3, 0.4) is 0 Å². The predicted molar refractivity (Wildman–Crippen MR) is 71.2 cm³/mol. The standard InChI is InChI=1S/C15H17NO/c1-16(2)11-15(17)10-12-7-8-13-5-3-4-6-14(13)9-12/h3-9H,10-11H2,1-2H3. The van der Waals surface area contributed by atoms with Crippen molar-refractivity contribution in [3.8, 4) is 0 Å². The van der Waals surface area contributed by atoms with Crippen molar-refractivity contribution in [1.29, 1.82) is 0 Å². The van der Waals surface area contributed by atoms with E-state index < -0.39 is 0 Å². The lowest BCUT2D eigenvalue weighted by molar-refractivity contribution is -0.119. The van der Waals surface area contributed by atoms with E-state index in [2.05, 4.69) is 24.3 Å². The number of ketones is 1. The number of carbonyl (C=O) groups excluding carboxylic acids is 1. The molecule has 2 rings (SSSR count). The van der Waals surface area contributed by atoms with Crippen molar-refractivity contribution in [3.05, 3.63) is 48.0 Å². The first kappa shape index (κ1) is 11.8. The molecule has 17 heavy (non-hydrogen) atoms. The second-order valence-corrected chi connectivity index (χ2v) is 4.63. The summed E-state index contributed by atoms with van der Waals surface area (Å²) in [6.45, 7) is 0.507. The largest absolute Gasteiger partial charge is 0.302 e. The monoisotopic (exact) mass is 227 g/mol. The van der Waals surface area contributed by atoms with Crippen molar-refractivity contribution >= 4 is 16.6 Å². The molecule has 2 heteroatoms. The highest BCUT2D eigenvalue weighted by Gasteiger charge is 2.05. The number of hydrogen-bond donors (Lipinski definition) is 0. The number of hydrogen-bond acceptors (Lipinski definition) is 2. The molecule has 0 radical (unpaired) electrons. The SMILES string of the molecule is CN(C)CC(=O)Cc1ccc2ccccc2c1. The minimum atomic E-state index is 0.255. The van der Waals surface area contributed by atoms with Gasteiger partial charge in [-0.1, -0.05) is 42.5 Å². The van der Waals surface area contributed by atoms with Crippen molar-refractivity contribution in [2.75, 3.05) is 20.6 Å². The van der Waals surface area contributed by atoms with Gasteiger partial charge in [-0.05, 0) is 30.4 Å². The molecule has 0 N–H and O–H groups in total. The molecule has 0 heterocycles. The Morgan fingerprint density at radius 1 is 1.06 bits per heavy atom. The summed E-state index contributed by atoms with van der Waals surface area (Å²) in [5, 5.41) is 2.42. The number of likely N-dealkylation sites (N-methyl/N-ethyl adjacent to an activating group) is 1. The van der Waals surface area contributed by atoms with Gasteiger partial charge in [-0.15, -0.1) is 0 Å². The predicted octanol–water partition coefficient (Wildman–Crippen LogP) is 2.51. The first-order valence-corrected chi connectivity index (χ1v) is 5.79. The Balaban J connectivity index is 2.17. The van der Waals surface area contributed by atoms with Gasteiger partial charge in [0.25, 0.3) is 0 Å². The summed E-state index contributed by atoms with van der Waals surface area (Å²) < 4.78 is 0. The molecule has 0 spiro atoms. The zero-order valence-electron chi connectivity index (χ0n) is 10.3. The first-order valence-electron chi connectivity index (χ1n) is 5.79. The van der Waals surface area contributed by atoms with Crippen LogP contribution in [0.2, 0.25) is 0 Å². The molecule has 0 unspecified atom stereocenters. The Morgan fingerprint density at radius 3 is 2.47 bits per heavy atom. The average Bonchev–Trinajstić information content (AvgIpc) is 2.27. The molecule has 0 saturated carbocycles. The first-order chi connectivity index (χ1) is 8.15. The van der Waals surface area contributed by atoms with E-state index in [1.165, 1.54) is 10.8 Å². The topological polar surface area (TPSA) is 20.3 Å². The van der Waals surface area contributed by atoms with Gasteiger partial charge in [0.15, 0.2) is 5.78 Å². The van der Waals surface area contributed by atoms with E-state index in [9.17, 15) is 4.79 Å². The van der Waals surface area contributed by atoms with Crippen LogP contribution in [0.15, 0.2) is 42.5 Å². The normalized spacial score (nSPS) is 11.0. The Hall–Kier alpha value is -1.67. The van der Waals surface area contributed by atoms with E-state index in [0.717, 1.165) is 5.56 Å². The summed E-state index contributed by atoms with van der Waals surface area (Å²) in [6.07, 6.45) is 0.517. The van der Waals surface area contributed by atoms with Crippen LogP contribution in [-0.2, 0) is 11.2 Å². The molecular weight excluding hydrogens is 210 g/mol. The molecular formula is C15H17NO. The van der Waals surface area contributed by atoms with Crippen molar-refractivity contribution < 1.29 is 4.79 Å². The number of rotatable bonds is 4. The Bertz CT molecular complexity index is 531. The molecule has 0 aliphatic carbocycles. The minimum Gasteiger partial charge on any atom is -0.302 e. The molecule has 0 bridgehead atoms. The number of carbonyl (C=O) groups is 1. The van der Waals surface area contributed by atoms with Gasteiger partial charge >= 0.3 is 0 Å². The van der Waals surface area contributed by atoms with E-state index in [4.69, 9.17) is 0 Å². The zero-order chi connectivity index (χ0) is 12.3. The highest BCUT2D eigenvalue weighted by Crippen LogP contribution is 2.16. The fraction of sp³-hybridized carbons (Fsp3) is 0.267. The van der Waals surface area contributed by atoms with Gasteiger partial charge < -0.3 is 4.90 Å². The Labute approximate surface area is 102 Å². The molecule has 2 aromatic carbocycles.